The van der Waals surface area contributed by atoms with Crippen LogP contribution < -0.4 is 5.32 Å². The molecule has 1 aliphatic heterocycles. The average Bonchev–Trinajstić information content (AvgIpc) is 2.50. The Morgan fingerprint density at radius 3 is 2.91 bits per heavy atom. The molecule has 1 N–H and O–H groups in total. The van der Waals surface area contributed by atoms with Crippen molar-refractivity contribution in [3.05, 3.63) is 0 Å². The van der Waals surface area contributed by atoms with Crippen molar-refractivity contribution < 1.29 is 4.79 Å². The second kappa shape index (κ2) is 4.21. The minimum atomic E-state index is 0.263. The first kappa shape index (κ1) is 9.20. The van der Waals surface area contributed by atoms with Gasteiger partial charge in [-0.05, 0) is 12.5 Å². The molecule has 1 saturated heterocycles. The van der Waals surface area contributed by atoms with Crippen LogP contribution in [0, 0.1) is 11.8 Å². The number of carbonyl (C=O) groups excluding carboxylic acids is 1. The number of Topliss-reactive ketones (excluding diaryl/α,β-unsaturated/α-hetero) is 1. The summed E-state index contributed by atoms with van der Waals surface area (Å²) in [6.45, 7) is 4.04. The second-order valence-electron chi connectivity index (χ2n) is 3.03. The maximum Gasteiger partial charge on any atom is 0.148 e. The van der Waals surface area contributed by atoms with Crippen LogP contribution in [0.5, 0.6) is 0 Å². The largest absolute Gasteiger partial charge is 0.316 e. The first-order valence-corrected chi connectivity index (χ1v) is 5.21. The molecular weight excluding hydrogens is 206 g/mol. The Hall–Kier alpha value is 0.110. The van der Waals surface area contributed by atoms with Crippen molar-refractivity contribution in [2.45, 2.75) is 13.3 Å². The monoisotopic (exact) mass is 219 g/mol. The van der Waals surface area contributed by atoms with Crippen molar-refractivity contribution in [2.75, 3.05) is 18.4 Å². The predicted molar refractivity (Wildman–Crippen MR) is 48.9 cm³/mol. The van der Waals surface area contributed by atoms with Crippen LogP contribution in [-0.4, -0.2) is 24.2 Å². The van der Waals surface area contributed by atoms with Gasteiger partial charge < -0.3 is 5.32 Å². The number of hydrogen-bond acceptors (Lipinski definition) is 2. The molecular formula is C8H14BrNO. The highest BCUT2D eigenvalue weighted by molar-refractivity contribution is 9.09. The fraction of sp³-hybridized carbons (Fsp3) is 0.875. The Morgan fingerprint density at radius 2 is 2.36 bits per heavy atom. The van der Waals surface area contributed by atoms with E-state index < -0.39 is 0 Å². The van der Waals surface area contributed by atoms with Gasteiger partial charge in [-0.1, -0.05) is 29.3 Å². The molecule has 64 valence electrons. The zero-order valence-electron chi connectivity index (χ0n) is 6.77. The Kier molecular flexibility index (Phi) is 3.52. The van der Waals surface area contributed by atoms with E-state index in [2.05, 4.69) is 28.2 Å². The van der Waals surface area contributed by atoms with E-state index in [1.54, 1.807) is 0 Å². The third-order valence-electron chi connectivity index (χ3n) is 2.41. The van der Waals surface area contributed by atoms with Crippen LogP contribution >= 0.6 is 15.9 Å². The van der Waals surface area contributed by atoms with Gasteiger partial charge in [0, 0.05) is 12.5 Å². The fourth-order valence-electron chi connectivity index (χ4n) is 1.64. The second-order valence-corrected chi connectivity index (χ2v) is 3.59. The lowest BCUT2D eigenvalue weighted by molar-refractivity contribution is -0.120. The highest BCUT2D eigenvalue weighted by Crippen LogP contribution is 2.21. The lowest BCUT2D eigenvalue weighted by Gasteiger charge is -2.13. The van der Waals surface area contributed by atoms with E-state index in [0.717, 1.165) is 19.5 Å². The SMILES string of the molecule is CC[C@@H]1CNC[C@@H]1C(=O)CBr. The molecule has 2 nitrogen and oxygen atoms in total. The first-order valence-electron chi connectivity index (χ1n) is 4.09. The van der Waals surface area contributed by atoms with Crippen molar-refractivity contribution in [3.8, 4) is 0 Å². The molecule has 0 aromatic carbocycles. The van der Waals surface area contributed by atoms with Gasteiger partial charge in [-0.25, -0.2) is 0 Å². The van der Waals surface area contributed by atoms with Gasteiger partial charge in [-0.2, -0.15) is 0 Å². The summed E-state index contributed by atoms with van der Waals surface area (Å²) in [6.07, 6.45) is 1.11. The van der Waals surface area contributed by atoms with Crippen molar-refractivity contribution in [1.29, 1.82) is 0 Å². The molecule has 0 aliphatic carbocycles. The van der Waals surface area contributed by atoms with Crippen LogP contribution in [-0.2, 0) is 4.79 Å². The van der Waals surface area contributed by atoms with E-state index in [9.17, 15) is 4.79 Å². The summed E-state index contributed by atoms with van der Waals surface area (Å²) in [5, 5.41) is 3.76. The van der Waals surface area contributed by atoms with Gasteiger partial charge in [-0.3, -0.25) is 4.79 Å². The van der Waals surface area contributed by atoms with Gasteiger partial charge >= 0.3 is 0 Å². The molecule has 0 bridgehead atoms. The number of rotatable bonds is 3. The maximum absolute atomic E-state index is 11.3. The number of halogens is 1. The summed E-state index contributed by atoms with van der Waals surface area (Å²) in [5.74, 6) is 1.18. The van der Waals surface area contributed by atoms with Gasteiger partial charge in [0.15, 0.2) is 0 Å². The first-order chi connectivity index (χ1) is 5.29. The summed E-state index contributed by atoms with van der Waals surface area (Å²) >= 11 is 3.20. The smallest absolute Gasteiger partial charge is 0.148 e. The van der Waals surface area contributed by atoms with Gasteiger partial charge in [0.25, 0.3) is 0 Å². The number of ketones is 1. The zero-order chi connectivity index (χ0) is 8.27. The lowest BCUT2D eigenvalue weighted by Crippen LogP contribution is -2.23. The highest BCUT2D eigenvalue weighted by atomic mass is 79.9. The molecule has 0 amide bonds. The maximum atomic E-state index is 11.3. The molecule has 0 spiro atoms. The highest BCUT2D eigenvalue weighted by Gasteiger charge is 2.30. The van der Waals surface area contributed by atoms with E-state index in [-0.39, 0.29) is 5.92 Å². The fourth-order valence-corrected chi connectivity index (χ4v) is 2.05. The standard InChI is InChI=1S/C8H14BrNO/c1-2-6-4-10-5-7(6)8(11)3-9/h6-7,10H,2-5H2,1H3/t6-,7+/m1/s1. The van der Waals surface area contributed by atoms with E-state index in [1.165, 1.54) is 0 Å². The van der Waals surface area contributed by atoms with Crippen LogP contribution in [0.2, 0.25) is 0 Å². The molecule has 0 saturated carbocycles. The average molecular weight is 220 g/mol. The van der Waals surface area contributed by atoms with E-state index in [0.29, 0.717) is 17.0 Å². The molecule has 11 heavy (non-hydrogen) atoms. The van der Waals surface area contributed by atoms with Crippen molar-refractivity contribution in [3.63, 3.8) is 0 Å². The molecule has 0 unspecified atom stereocenters. The van der Waals surface area contributed by atoms with Crippen LogP contribution in [0.1, 0.15) is 13.3 Å². The minimum absolute atomic E-state index is 0.263. The Labute approximate surface area is 75.9 Å². The third kappa shape index (κ3) is 2.03. The molecule has 0 aromatic rings. The number of alkyl halides is 1. The molecule has 0 radical (unpaired) electrons. The minimum Gasteiger partial charge on any atom is -0.316 e. The third-order valence-corrected chi connectivity index (χ3v) is 2.96. The summed E-state index contributed by atoms with van der Waals surface area (Å²) in [6, 6.07) is 0. The molecule has 2 atom stereocenters. The normalized spacial score (nSPS) is 30.7. The van der Waals surface area contributed by atoms with E-state index >= 15 is 0 Å². The molecule has 1 aliphatic rings. The summed E-state index contributed by atoms with van der Waals surface area (Å²) in [5.41, 5.74) is 0. The molecule has 0 aromatic heterocycles. The number of carbonyl (C=O) groups is 1. The molecule has 1 heterocycles. The predicted octanol–water partition coefficient (Wildman–Crippen LogP) is 1.20. The molecule has 1 rings (SSSR count). The van der Waals surface area contributed by atoms with Crippen molar-refractivity contribution in [1.82, 2.24) is 5.32 Å². The number of hydrogen-bond donors (Lipinski definition) is 1. The topological polar surface area (TPSA) is 29.1 Å². The quantitative estimate of drug-likeness (QED) is 0.724. The van der Waals surface area contributed by atoms with Gasteiger partial charge in [0.05, 0.1) is 5.33 Å². The lowest BCUT2D eigenvalue weighted by atomic mass is 9.91. The van der Waals surface area contributed by atoms with Gasteiger partial charge in [0.2, 0.25) is 0 Å². The Balaban J connectivity index is 2.49. The van der Waals surface area contributed by atoms with Crippen molar-refractivity contribution >= 4 is 21.7 Å². The van der Waals surface area contributed by atoms with Crippen LogP contribution in [0.25, 0.3) is 0 Å². The zero-order valence-corrected chi connectivity index (χ0v) is 8.36. The van der Waals surface area contributed by atoms with Gasteiger partial charge in [0.1, 0.15) is 5.78 Å². The number of nitrogens with one attached hydrogen (secondary N) is 1. The summed E-state index contributed by atoms with van der Waals surface area (Å²) in [7, 11) is 0. The summed E-state index contributed by atoms with van der Waals surface area (Å²) < 4.78 is 0. The van der Waals surface area contributed by atoms with Crippen molar-refractivity contribution in [2.24, 2.45) is 11.8 Å². The molecule has 3 heteroatoms. The summed E-state index contributed by atoms with van der Waals surface area (Å²) in [4.78, 5) is 11.3. The van der Waals surface area contributed by atoms with Gasteiger partial charge in [-0.15, -0.1) is 0 Å². The molecule has 1 fully saturated rings. The Bertz CT molecular complexity index is 149. The van der Waals surface area contributed by atoms with E-state index in [4.69, 9.17) is 0 Å². The van der Waals surface area contributed by atoms with Crippen LogP contribution in [0.3, 0.4) is 0 Å². The van der Waals surface area contributed by atoms with Crippen LogP contribution in [0.4, 0.5) is 0 Å². The Morgan fingerprint density at radius 1 is 1.64 bits per heavy atom. The van der Waals surface area contributed by atoms with Crippen LogP contribution in [0.15, 0.2) is 0 Å². The van der Waals surface area contributed by atoms with E-state index in [1.807, 2.05) is 0 Å².